The first-order chi connectivity index (χ1) is 10.0. The van der Waals surface area contributed by atoms with E-state index >= 15 is 0 Å². The summed E-state index contributed by atoms with van der Waals surface area (Å²) < 4.78 is 5.81. The summed E-state index contributed by atoms with van der Waals surface area (Å²) in [5.41, 5.74) is 12.9. The lowest BCUT2D eigenvalue weighted by atomic mass is 10.0. The van der Waals surface area contributed by atoms with Gasteiger partial charge < -0.3 is 21.3 Å². The van der Waals surface area contributed by atoms with E-state index < -0.39 is 5.91 Å². The maximum Gasteiger partial charge on any atom is 0.252 e. The van der Waals surface area contributed by atoms with Gasteiger partial charge in [-0.2, -0.15) is 0 Å². The number of hydrogen-bond donors (Lipinski definition) is 3. The molecule has 5 nitrogen and oxygen atoms in total. The van der Waals surface area contributed by atoms with Crippen molar-refractivity contribution in [3.05, 3.63) is 59.2 Å². The molecular formula is C16H18N2O3. The first kappa shape index (κ1) is 14.9. The van der Waals surface area contributed by atoms with Crippen molar-refractivity contribution in [2.75, 3.05) is 0 Å². The molecule has 0 bridgehead atoms. The summed E-state index contributed by atoms with van der Waals surface area (Å²) >= 11 is 0. The van der Waals surface area contributed by atoms with Crippen LogP contribution in [0.4, 0.5) is 0 Å². The number of hydrogen-bond acceptors (Lipinski definition) is 4. The highest BCUT2D eigenvalue weighted by Crippen LogP contribution is 2.28. The van der Waals surface area contributed by atoms with Crippen molar-refractivity contribution in [3.8, 4) is 11.5 Å². The molecule has 2 aromatic carbocycles. The lowest BCUT2D eigenvalue weighted by molar-refractivity contribution is 0.0997. The summed E-state index contributed by atoms with van der Waals surface area (Å²) in [5.74, 6) is -0.404. The highest BCUT2D eigenvalue weighted by atomic mass is 16.5. The van der Waals surface area contributed by atoms with Crippen LogP contribution in [0, 0.1) is 0 Å². The van der Waals surface area contributed by atoms with Crippen LogP contribution in [0.2, 0.25) is 0 Å². The molecule has 0 aromatic heterocycles. The molecule has 1 amide bonds. The molecule has 2 rings (SSSR count). The predicted molar refractivity (Wildman–Crippen MR) is 80.0 cm³/mol. The molecule has 5 N–H and O–H groups in total. The number of carbonyl (C=O) groups is 1. The van der Waals surface area contributed by atoms with Crippen LogP contribution in [0.3, 0.4) is 0 Å². The summed E-state index contributed by atoms with van der Waals surface area (Å²) in [4.78, 5) is 11.2. The Balaban J connectivity index is 2.25. The predicted octanol–water partition coefficient (Wildman–Crippen LogP) is 2.09. The van der Waals surface area contributed by atoms with Crippen LogP contribution in [0.15, 0.2) is 42.5 Å². The maximum atomic E-state index is 11.2. The molecule has 0 aliphatic carbocycles. The molecule has 0 spiro atoms. The zero-order valence-electron chi connectivity index (χ0n) is 11.7. The van der Waals surface area contributed by atoms with Gasteiger partial charge in [-0.1, -0.05) is 24.3 Å². The zero-order valence-corrected chi connectivity index (χ0v) is 11.7. The van der Waals surface area contributed by atoms with Crippen molar-refractivity contribution >= 4 is 5.91 Å². The van der Waals surface area contributed by atoms with E-state index in [4.69, 9.17) is 16.2 Å². The molecule has 110 valence electrons. The summed E-state index contributed by atoms with van der Waals surface area (Å²) in [6.45, 7) is 2.32. The van der Waals surface area contributed by atoms with E-state index in [-0.39, 0.29) is 17.4 Å². The van der Waals surface area contributed by atoms with E-state index in [9.17, 15) is 9.90 Å². The van der Waals surface area contributed by atoms with E-state index in [2.05, 4.69) is 0 Å². The van der Waals surface area contributed by atoms with E-state index in [1.54, 1.807) is 6.07 Å². The molecule has 0 radical (unpaired) electrons. The Labute approximate surface area is 123 Å². The molecule has 0 heterocycles. The van der Waals surface area contributed by atoms with Crippen molar-refractivity contribution in [2.24, 2.45) is 11.5 Å². The summed E-state index contributed by atoms with van der Waals surface area (Å²) in [6, 6.07) is 12.1. The second kappa shape index (κ2) is 6.28. The maximum absolute atomic E-state index is 11.2. The van der Waals surface area contributed by atoms with Gasteiger partial charge >= 0.3 is 0 Å². The van der Waals surface area contributed by atoms with Gasteiger partial charge in [0, 0.05) is 6.54 Å². The Morgan fingerprint density at radius 1 is 1.29 bits per heavy atom. The molecule has 5 heteroatoms. The van der Waals surface area contributed by atoms with Gasteiger partial charge in [-0.25, -0.2) is 0 Å². The Morgan fingerprint density at radius 3 is 2.67 bits per heavy atom. The molecule has 0 saturated heterocycles. The molecule has 0 aliphatic heterocycles. The molecular weight excluding hydrogens is 268 g/mol. The molecule has 1 unspecified atom stereocenters. The second-order valence-corrected chi connectivity index (χ2v) is 4.71. The van der Waals surface area contributed by atoms with Gasteiger partial charge in [0.15, 0.2) is 0 Å². The topological polar surface area (TPSA) is 98.6 Å². The van der Waals surface area contributed by atoms with Gasteiger partial charge in [0.25, 0.3) is 5.91 Å². The molecule has 0 aliphatic rings. The molecule has 21 heavy (non-hydrogen) atoms. The van der Waals surface area contributed by atoms with E-state index in [0.717, 1.165) is 11.1 Å². The molecule has 1 atom stereocenters. The lowest BCUT2D eigenvalue weighted by Crippen LogP contribution is -2.12. The monoisotopic (exact) mass is 286 g/mol. The number of benzene rings is 2. The smallest absolute Gasteiger partial charge is 0.252 e. The van der Waals surface area contributed by atoms with Crippen LogP contribution >= 0.6 is 0 Å². The quantitative estimate of drug-likeness (QED) is 0.783. The minimum Gasteiger partial charge on any atom is -0.507 e. The first-order valence-corrected chi connectivity index (χ1v) is 6.60. The number of carbonyl (C=O) groups excluding carboxylic acids is 1. The average Bonchev–Trinajstić information content (AvgIpc) is 2.48. The summed E-state index contributed by atoms with van der Waals surface area (Å²) in [5, 5.41) is 9.57. The van der Waals surface area contributed by atoms with Crippen molar-refractivity contribution in [2.45, 2.75) is 19.6 Å². The van der Waals surface area contributed by atoms with Crippen molar-refractivity contribution in [1.29, 1.82) is 0 Å². The van der Waals surface area contributed by atoms with Crippen molar-refractivity contribution < 1.29 is 14.6 Å². The SMILES string of the molecule is CC(Oc1ccc(O)c(C(N)=O)c1)c1ccccc1CN. The van der Waals surface area contributed by atoms with E-state index in [1.165, 1.54) is 12.1 Å². The fraction of sp³-hybridized carbons (Fsp3) is 0.188. The van der Waals surface area contributed by atoms with Gasteiger partial charge in [-0.05, 0) is 36.2 Å². The number of rotatable bonds is 5. The first-order valence-electron chi connectivity index (χ1n) is 6.60. The summed E-state index contributed by atoms with van der Waals surface area (Å²) in [6.07, 6.45) is -0.241. The van der Waals surface area contributed by atoms with Crippen LogP contribution in [-0.2, 0) is 6.54 Å². The van der Waals surface area contributed by atoms with Gasteiger partial charge in [0.05, 0.1) is 5.56 Å². The molecule has 0 fully saturated rings. The largest absolute Gasteiger partial charge is 0.507 e. The standard InChI is InChI=1S/C16H18N2O3/c1-10(13-5-3-2-4-11(13)9-17)21-12-6-7-15(19)14(8-12)16(18)20/h2-8,10,19H,9,17H2,1H3,(H2,18,20). The Hall–Kier alpha value is -2.53. The van der Waals surface area contributed by atoms with E-state index in [1.807, 2.05) is 31.2 Å². The lowest BCUT2D eigenvalue weighted by Gasteiger charge is -2.18. The van der Waals surface area contributed by atoms with Crippen LogP contribution in [0.1, 0.15) is 34.5 Å². The zero-order chi connectivity index (χ0) is 15.4. The minimum absolute atomic E-state index is 0.0341. The van der Waals surface area contributed by atoms with Crippen LogP contribution in [0.25, 0.3) is 0 Å². The van der Waals surface area contributed by atoms with Gasteiger partial charge in [-0.15, -0.1) is 0 Å². The molecule has 0 saturated carbocycles. The van der Waals surface area contributed by atoms with Crippen LogP contribution < -0.4 is 16.2 Å². The number of aromatic hydroxyl groups is 1. The van der Waals surface area contributed by atoms with Crippen LogP contribution in [-0.4, -0.2) is 11.0 Å². The number of ether oxygens (including phenoxy) is 1. The number of primary amides is 1. The van der Waals surface area contributed by atoms with Gasteiger partial charge in [0.1, 0.15) is 17.6 Å². The van der Waals surface area contributed by atoms with Gasteiger partial charge in [-0.3, -0.25) is 4.79 Å². The number of amides is 1. The average molecular weight is 286 g/mol. The number of phenols is 1. The van der Waals surface area contributed by atoms with Crippen LogP contribution in [0.5, 0.6) is 11.5 Å². The van der Waals surface area contributed by atoms with E-state index in [0.29, 0.717) is 12.3 Å². The fourth-order valence-corrected chi connectivity index (χ4v) is 2.17. The van der Waals surface area contributed by atoms with Crippen molar-refractivity contribution in [3.63, 3.8) is 0 Å². The van der Waals surface area contributed by atoms with Crippen molar-refractivity contribution in [1.82, 2.24) is 0 Å². The summed E-state index contributed by atoms with van der Waals surface area (Å²) in [7, 11) is 0. The Morgan fingerprint density at radius 2 is 2.00 bits per heavy atom. The number of nitrogens with two attached hydrogens (primary N) is 2. The third-order valence-corrected chi connectivity index (χ3v) is 3.26. The normalized spacial score (nSPS) is 11.9. The Bertz CT molecular complexity index is 656. The minimum atomic E-state index is -0.701. The fourth-order valence-electron chi connectivity index (χ4n) is 2.17. The second-order valence-electron chi connectivity index (χ2n) is 4.71. The third kappa shape index (κ3) is 3.32. The highest BCUT2D eigenvalue weighted by Gasteiger charge is 2.14. The third-order valence-electron chi connectivity index (χ3n) is 3.26. The highest BCUT2D eigenvalue weighted by molar-refractivity contribution is 5.95. The van der Waals surface area contributed by atoms with Gasteiger partial charge in [0.2, 0.25) is 0 Å². The Kier molecular flexibility index (Phi) is 4.45. The molecule has 2 aromatic rings.